The van der Waals surface area contributed by atoms with E-state index < -0.39 is 57.6 Å². The van der Waals surface area contributed by atoms with Crippen LogP contribution in [0.25, 0.3) is 5.57 Å². The van der Waals surface area contributed by atoms with Crippen molar-refractivity contribution in [3.8, 4) is 5.75 Å². The molecule has 2 amide bonds. The van der Waals surface area contributed by atoms with E-state index in [9.17, 15) is 58.4 Å². The van der Waals surface area contributed by atoms with E-state index in [0.29, 0.717) is 147 Å². The van der Waals surface area contributed by atoms with Gasteiger partial charge in [0.25, 0.3) is 5.75 Å². The highest BCUT2D eigenvalue weighted by Gasteiger charge is 2.43. The van der Waals surface area contributed by atoms with Crippen LogP contribution < -0.4 is 9.80 Å². The summed E-state index contributed by atoms with van der Waals surface area (Å²) >= 11 is 0. The number of anilines is 2. The van der Waals surface area contributed by atoms with E-state index in [0.717, 1.165) is 10.5 Å². The smallest absolute Gasteiger partial charge is 0.263 e. The molecule has 0 saturated carbocycles. The predicted molar refractivity (Wildman–Crippen MR) is 350 cm³/mol. The highest BCUT2D eigenvalue weighted by Crippen LogP contribution is 2.51. The van der Waals surface area contributed by atoms with Crippen molar-refractivity contribution >= 4 is 64.9 Å². The van der Waals surface area contributed by atoms with Gasteiger partial charge in [-0.25, -0.2) is 25.3 Å². The van der Waals surface area contributed by atoms with Crippen molar-refractivity contribution < 1.29 is 115 Å². The average molecular weight is 1410 g/mol. The lowest BCUT2D eigenvalue weighted by Gasteiger charge is -2.30. The first-order chi connectivity index (χ1) is 45.2. The Morgan fingerprint density at radius 2 is 1.08 bits per heavy atom. The molecule has 2 aromatic rings. The molecule has 2 aliphatic heterocycles. The SMILES string of the molecule is COCCOCCOCCOCCOCCOCCN(CCCS(=O)(=O)[O-])c1ccc(/C(=C\C/C=C/C=C2/N(CCOCCOCCOCCOCCOCCOCCC(=O)CN3C(=O)CCC3=O)c3ccc(S(=O)(=O)[O-])cc3C2(C)CCCS(=O)(=O)[O-])C(C)(C)C)c([OH2+])c1. The molecule has 4 rings (SSSR count). The third-order valence-electron chi connectivity index (χ3n) is 15.0. The monoisotopic (exact) mass is 1410 g/mol. The summed E-state index contributed by atoms with van der Waals surface area (Å²) in [5, 5.41) is 9.23. The zero-order valence-electron chi connectivity index (χ0n) is 55.6. The number of hydrogen-bond donors (Lipinski definition) is 0. The fraction of sp³-hybridized carbons (Fsp3) is 0.672. The van der Waals surface area contributed by atoms with Crippen LogP contribution in [0, 0.1) is 5.41 Å². The predicted octanol–water partition coefficient (Wildman–Crippen LogP) is 4.07. The molecular formula is C64H99N3O25S3-2. The zero-order chi connectivity index (χ0) is 69.6. The van der Waals surface area contributed by atoms with Crippen LogP contribution in [0.2, 0.25) is 0 Å². The van der Waals surface area contributed by atoms with E-state index in [-0.39, 0.29) is 128 Å². The Balaban J connectivity index is 1.30. The number of imide groups is 1. The lowest BCUT2D eigenvalue weighted by molar-refractivity contribution is -0.142. The topological polar surface area (TPSA) is 366 Å². The molecule has 2 N–H and O–H groups in total. The molecule has 31 heteroatoms. The molecule has 2 aliphatic rings. The highest BCUT2D eigenvalue weighted by atomic mass is 32.2. The van der Waals surface area contributed by atoms with Gasteiger partial charge < -0.3 is 85.4 Å². The van der Waals surface area contributed by atoms with E-state index >= 15 is 0 Å². The Morgan fingerprint density at radius 3 is 1.56 bits per heavy atom. The number of methoxy groups -OCH3 is 1. The summed E-state index contributed by atoms with van der Waals surface area (Å²) in [5.74, 6) is -1.91. The van der Waals surface area contributed by atoms with E-state index in [1.165, 1.54) is 18.2 Å². The van der Waals surface area contributed by atoms with Crippen molar-refractivity contribution in [3.63, 3.8) is 0 Å². The molecule has 540 valence electrons. The van der Waals surface area contributed by atoms with Gasteiger partial charge in [-0.2, -0.15) is 0 Å². The van der Waals surface area contributed by atoms with Gasteiger partial charge in [-0.1, -0.05) is 39.0 Å². The lowest BCUT2D eigenvalue weighted by Crippen LogP contribution is -2.34. The van der Waals surface area contributed by atoms with Crippen LogP contribution in [-0.4, -0.2) is 263 Å². The van der Waals surface area contributed by atoms with Crippen molar-refractivity contribution in [2.45, 2.75) is 83.0 Å². The van der Waals surface area contributed by atoms with Crippen LogP contribution in [0.1, 0.15) is 83.8 Å². The second-order valence-electron chi connectivity index (χ2n) is 23.3. The molecule has 1 saturated heterocycles. The standard InChI is InChI=1S/C64H101N3O25S3/c1-63(2,3)56(55-15-13-52(49-59(55)69)65(21-10-48-94(75,76)77)22-25-83-30-33-87-38-41-91-44-43-89-36-35-85-28-27-81-5)11-7-6-8-12-60-64(4,20-9-47-93(72,73)74)57-50-54(95(78,79)80)14-16-58(57)66(60)23-26-84-31-34-88-39-42-92-46-45-90-40-37-86-32-29-82-24-19-53(68)51-67-61(70)17-18-62(67)71/h6,8,11-16,49-50,69H,7,9-10,17-48,51H2,1-5H3,(H,72,73,74)(H,75,76,77)(H,78,79,80)/p-2/b8-6+,56-11+,60-12+. The fourth-order valence-electron chi connectivity index (χ4n) is 10.2. The Hall–Kier alpha value is -4.88. The van der Waals surface area contributed by atoms with Crippen molar-refractivity contribution in [1.82, 2.24) is 4.90 Å². The zero-order valence-corrected chi connectivity index (χ0v) is 58.0. The van der Waals surface area contributed by atoms with Gasteiger partial charge >= 0.3 is 0 Å². The molecule has 0 radical (unpaired) electrons. The maximum Gasteiger partial charge on any atom is 0.263 e. The first kappa shape index (κ1) is 82.5. The van der Waals surface area contributed by atoms with Gasteiger partial charge in [0, 0.05) is 80.0 Å². The summed E-state index contributed by atoms with van der Waals surface area (Å²) in [7, 11) is -12.4. The van der Waals surface area contributed by atoms with Gasteiger partial charge in [0.2, 0.25) is 11.8 Å². The molecule has 2 heterocycles. The van der Waals surface area contributed by atoms with Crippen LogP contribution in [0.5, 0.6) is 5.75 Å². The summed E-state index contributed by atoms with van der Waals surface area (Å²) < 4.78 is 174. The second kappa shape index (κ2) is 44.2. The number of ketones is 1. The maximum absolute atomic E-state index is 12.4. The fourth-order valence-corrected chi connectivity index (χ4v) is 11.7. The summed E-state index contributed by atoms with van der Waals surface area (Å²) in [6.45, 7) is 16.2. The minimum Gasteiger partial charge on any atom is -0.748 e. The number of allylic oxidation sites excluding steroid dienone is 6. The quantitative estimate of drug-likeness (QED) is 0.0390. The van der Waals surface area contributed by atoms with Crippen molar-refractivity contribution in [2.24, 2.45) is 5.41 Å². The number of rotatable bonds is 55. The Kier molecular flexibility index (Phi) is 38.4. The molecular weight excluding hydrogens is 1310 g/mol. The van der Waals surface area contributed by atoms with Crippen molar-refractivity contribution in [1.29, 1.82) is 0 Å². The normalized spacial score (nSPS) is 16.2. The molecule has 0 aliphatic carbocycles. The molecule has 2 aromatic carbocycles. The van der Waals surface area contributed by atoms with Gasteiger partial charge in [-0.05, 0) is 85.6 Å². The first-order valence-corrected chi connectivity index (χ1v) is 36.4. The summed E-state index contributed by atoms with van der Waals surface area (Å²) in [6, 6.07) is 9.44. The van der Waals surface area contributed by atoms with Gasteiger partial charge in [0.05, 0.1) is 195 Å². The number of hydrogen-bond acceptors (Lipinski definition) is 26. The Labute approximate surface area is 560 Å². The average Bonchev–Trinajstić information content (AvgIpc) is 1.58. The molecule has 0 bridgehead atoms. The number of nitrogens with zero attached hydrogens (tertiary/aromatic N) is 3. The summed E-state index contributed by atoms with van der Waals surface area (Å²) in [6.07, 6.45) is 8.42. The van der Waals surface area contributed by atoms with Crippen LogP contribution in [0.3, 0.4) is 0 Å². The number of carbonyl (C=O) groups is 3. The lowest BCUT2D eigenvalue weighted by atomic mass is 9.77. The molecule has 0 aromatic heterocycles. The van der Waals surface area contributed by atoms with E-state index in [1.54, 1.807) is 13.2 Å². The van der Waals surface area contributed by atoms with E-state index in [4.69, 9.17) is 56.8 Å². The first-order valence-electron chi connectivity index (χ1n) is 31.9. The highest BCUT2D eigenvalue weighted by molar-refractivity contribution is 7.86. The minimum atomic E-state index is -4.91. The third-order valence-corrected chi connectivity index (χ3v) is 17.4. The molecule has 1 atom stereocenters. The summed E-state index contributed by atoms with van der Waals surface area (Å²) in [4.78, 5) is 39.7. The number of likely N-dealkylation sites (tertiary alicyclic amines) is 1. The number of carbonyl (C=O) groups excluding carboxylic acids is 3. The molecule has 1 fully saturated rings. The molecule has 0 spiro atoms. The number of amides is 2. The van der Waals surface area contributed by atoms with Gasteiger partial charge in [0.15, 0.2) is 5.78 Å². The number of ether oxygens (including phenoxy) is 12. The van der Waals surface area contributed by atoms with E-state index in [1.807, 2.05) is 73.9 Å². The van der Waals surface area contributed by atoms with Crippen LogP contribution in [0.15, 0.2) is 71.3 Å². The Morgan fingerprint density at radius 1 is 0.611 bits per heavy atom. The number of benzene rings is 2. The maximum atomic E-state index is 12.4. The molecule has 1 unspecified atom stereocenters. The summed E-state index contributed by atoms with van der Waals surface area (Å²) in [5.41, 5.74) is 2.31. The largest absolute Gasteiger partial charge is 0.748 e. The Bertz CT molecular complexity index is 3050. The number of fused-ring (bicyclic) bond motifs is 1. The van der Waals surface area contributed by atoms with Crippen molar-refractivity contribution in [3.05, 3.63) is 77.5 Å². The van der Waals surface area contributed by atoms with Crippen LogP contribution >= 0.6 is 0 Å². The molecule has 95 heavy (non-hydrogen) atoms. The second-order valence-corrected chi connectivity index (χ2v) is 27.7. The minimum absolute atomic E-state index is 0.0638. The number of Topliss-reactive ketones (excluding diaryl/α,β-unsaturated/α-hetero) is 1. The third kappa shape index (κ3) is 33.0. The van der Waals surface area contributed by atoms with Crippen LogP contribution in [0.4, 0.5) is 11.4 Å². The van der Waals surface area contributed by atoms with Crippen LogP contribution in [-0.2, 0) is 107 Å². The van der Waals surface area contributed by atoms with Gasteiger partial charge in [-0.3, -0.25) is 19.3 Å². The van der Waals surface area contributed by atoms with Gasteiger partial charge in [0.1, 0.15) is 10.1 Å². The molecule has 28 nitrogen and oxygen atoms in total. The van der Waals surface area contributed by atoms with Crippen molar-refractivity contribution in [2.75, 3.05) is 207 Å². The van der Waals surface area contributed by atoms with Gasteiger partial charge in [-0.15, -0.1) is 0 Å². The van der Waals surface area contributed by atoms with E-state index in [2.05, 4.69) is 0 Å².